The smallest absolute Gasteiger partial charge is 0.270 e. The second-order valence-electron chi connectivity index (χ2n) is 5.73. The first-order valence-corrected chi connectivity index (χ1v) is 10.7. The fourth-order valence-corrected chi connectivity index (χ4v) is 4.60. The molecular formula is C19H15ClINO3S2. The van der Waals surface area contributed by atoms with Gasteiger partial charge in [-0.05, 0) is 77.9 Å². The van der Waals surface area contributed by atoms with E-state index in [9.17, 15) is 9.90 Å². The van der Waals surface area contributed by atoms with Gasteiger partial charge in [0.1, 0.15) is 0 Å². The Morgan fingerprint density at radius 3 is 2.78 bits per heavy atom. The number of carbonyl (C=O) groups excluding carboxylic acids is 1. The molecule has 1 heterocycles. The topological polar surface area (TPSA) is 49.8 Å². The molecule has 3 rings (SSSR count). The van der Waals surface area contributed by atoms with Crippen LogP contribution in [0.5, 0.6) is 11.5 Å². The highest BCUT2D eigenvalue weighted by molar-refractivity contribution is 14.1. The maximum Gasteiger partial charge on any atom is 0.270 e. The molecule has 1 amide bonds. The molecule has 4 nitrogen and oxygen atoms in total. The van der Waals surface area contributed by atoms with E-state index >= 15 is 0 Å². The Labute approximate surface area is 185 Å². The monoisotopic (exact) mass is 531 g/mol. The van der Waals surface area contributed by atoms with Crippen LogP contribution in [-0.2, 0) is 4.79 Å². The van der Waals surface area contributed by atoms with Crippen LogP contribution in [-0.4, -0.2) is 21.9 Å². The zero-order chi connectivity index (χ0) is 19.7. The maximum absolute atomic E-state index is 12.9. The van der Waals surface area contributed by atoms with Crippen molar-refractivity contribution < 1.29 is 14.6 Å². The summed E-state index contributed by atoms with van der Waals surface area (Å²) in [5.41, 5.74) is 2.33. The van der Waals surface area contributed by atoms with Crippen LogP contribution in [0.4, 0.5) is 5.69 Å². The van der Waals surface area contributed by atoms with Gasteiger partial charge < -0.3 is 9.84 Å². The van der Waals surface area contributed by atoms with Gasteiger partial charge in [0.2, 0.25) is 0 Å². The minimum absolute atomic E-state index is 0.0939. The van der Waals surface area contributed by atoms with E-state index in [4.69, 9.17) is 28.6 Å². The van der Waals surface area contributed by atoms with Crippen molar-refractivity contribution in [3.05, 3.63) is 55.0 Å². The molecule has 0 saturated carbocycles. The van der Waals surface area contributed by atoms with Crippen molar-refractivity contribution in [1.29, 1.82) is 0 Å². The third-order valence-corrected chi connectivity index (χ3v) is 6.39. The summed E-state index contributed by atoms with van der Waals surface area (Å²) in [6.07, 6.45) is 1.75. The van der Waals surface area contributed by atoms with Crippen molar-refractivity contribution in [1.82, 2.24) is 0 Å². The van der Waals surface area contributed by atoms with Gasteiger partial charge in [0.15, 0.2) is 15.8 Å². The summed E-state index contributed by atoms with van der Waals surface area (Å²) in [5.74, 6) is 0.277. The number of carbonyl (C=O) groups is 1. The zero-order valence-corrected chi connectivity index (χ0v) is 19.0. The summed E-state index contributed by atoms with van der Waals surface area (Å²) >= 11 is 14.9. The van der Waals surface area contributed by atoms with Gasteiger partial charge >= 0.3 is 0 Å². The summed E-state index contributed by atoms with van der Waals surface area (Å²) in [5, 5.41) is 10.7. The molecule has 1 fully saturated rings. The molecule has 2 aromatic rings. The first-order valence-electron chi connectivity index (χ1n) is 8.01. The van der Waals surface area contributed by atoms with Crippen LogP contribution in [0.2, 0.25) is 5.02 Å². The number of amides is 1. The number of halogens is 2. The molecule has 0 aliphatic carbocycles. The van der Waals surface area contributed by atoms with Crippen LogP contribution >= 0.6 is 58.2 Å². The lowest BCUT2D eigenvalue weighted by atomic mass is 10.1. The molecule has 27 heavy (non-hydrogen) atoms. The molecule has 0 radical (unpaired) electrons. The number of rotatable bonds is 4. The van der Waals surface area contributed by atoms with Crippen molar-refractivity contribution in [2.24, 2.45) is 0 Å². The Balaban J connectivity index is 1.96. The highest BCUT2D eigenvalue weighted by Crippen LogP contribution is 2.39. The van der Waals surface area contributed by atoms with Crippen LogP contribution in [0.3, 0.4) is 0 Å². The van der Waals surface area contributed by atoms with E-state index in [1.807, 2.05) is 48.6 Å². The minimum Gasteiger partial charge on any atom is -0.504 e. The molecule has 1 N–H and O–H groups in total. The third-order valence-electron chi connectivity index (χ3n) is 3.86. The molecule has 0 unspecified atom stereocenters. The number of anilines is 1. The van der Waals surface area contributed by atoms with Crippen molar-refractivity contribution in [2.45, 2.75) is 13.8 Å². The molecule has 0 spiro atoms. The van der Waals surface area contributed by atoms with Gasteiger partial charge in [0.05, 0.1) is 20.8 Å². The normalized spacial score (nSPS) is 15.7. The Bertz CT molecular complexity index is 978. The number of hydrogen-bond donors (Lipinski definition) is 1. The number of phenolic OH excluding ortho intramolecular Hbond substituents is 1. The van der Waals surface area contributed by atoms with Crippen LogP contribution in [0, 0.1) is 10.5 Å². The Kier molecular flexibility index (Phi) is 6.35. The van der Waals surface area contributed by atoms with Crippen LogP contribution < -0.4 is 9.64 Å². The van der Waals surface area contributed by atoms with Gasteiger partial charge in [-0.1, -0.05) is 41.6 Å². The molecular weight excluding hydrogens is 517 g/mol. The Morgan fingerprint density at radius 1 is 1.37 bits per heavy atom. The summed E-state index contributed by atoms with van der Waals surface area (Å²) in [7, 11) is 0. The SMILES string of the molecule is CCOc1cc(/C=C2\SC(=S)N(c3ccc(C)c(Cl)c3)C2=O)cc(I)c1O. The van der Waals surface area contributed by atoms with Gasteiger partial charge in [0, 0.05) is 5.02 Å². The number of benzene rings is 2. The molecule has 0 bridgehead atoms. The number of aryl methyl sites for hydroxylation is 1. The zero-order valence-electron chi connectivity index (χ0n) is 14.5. The lowest BCUT2D eigenvalue weighted by molar-refractivity contribution is -0.113. The predicted molar refractivity (Wildman–Crippen MR) is 124 cm³/mol. The van der Waals surface area contributed by atoms with E-state index in [-0.39, 0.29) is 11.7 Å². The molecule has 1 saturated heterocycles. The van der Waals surface area contributed by atoms with Crippen molar-refractivity contribution in [3.63, 3.8) is 0 Å². The molecule has 8 heteroatoms. The van der Waals surface area contributed by atoms with E-state index in [1.54, 1.807) is 24.3 Å². The van der Waals surface area contributed by atoms with Gasteiger partial charge in [0.25, 0.3) is 5.91 Å². The number of hydrogen-bond acceptors (Lipinski definition) is 5. The van der Waals surface area contributed by atoms with Gasteiger partial charge in [-0.25, -0.2) is 0 Å². The number of aromatic hydroxyl groups is 1. The van der Waals surface area contributed by atoms with E-state index in [2.05, 4.69) is 0 Å². The van der Waals surface area contributed by atoms with Gasteiger partial charge in [-0.15, -0.1) is 0 Å². The van der Waals surface area contributed by atoms with Gasteiger partial charge in [-0.3, -0.25) is 9.69 Å². The third kappa shape index (κ3) is 4.26. The lowest BCUT2D eigenvalue weighted by Crippen LogP contribution is -2.27. The molecule has 1 aliphatic heterocycles. The fourth-order valence-electron chi connectivity index (χ4n) is 2.51. The Hall–Kier alpha value is -1.29. The first-order chi connectivity index (χ1) is 12.8. The molecule has 1 aliphatic rings. The fraction of sp³-hybridized carbons (Fsp3) is 0.158. The van der Waals surface area contributed by atoms with E-state index in [0.717, 1.165) is 11.1 Å². The lowest BCUT2D eigenvalue weighted by Gasteiger charge is -2.15. The quantitative estimate of drug-likeness (QED) is 0.309. The summed E-state index contributed by atoms with van der Waals surface area (Å²) in [4.78, 5) is 14.9. The highest BCUT2D eigenvalue weighted by Gasteiger charge is 2.33. The van der Waals surface area contributed by atoms with Crippen LogP contribution in [0.25, 0.3) is 6.08 Å². The highest BCUT2D eigenvalue weighted by atomic mass is 127. The molecule has 0 aromatic heterocycles. The Morgan fingerprint density at radius 2 is 2.11 bits per heavy atom. The van der Waals surface area contributed by atoms with E-state index in [1.165, 1.54) is 16.7 Å². The second-order valence-corrected chi connectivity index (χ2v) is 8.98. The predicted octanol–water partition coefficient (Wildman–Crippen LogP) is 5.76. The number of nitrogens with zero attached hydrogens (tertiary/aromatic N) is 1. The number of thiocarbonyl (C=S) groups is 1. The van der Waals surface area contributed by atoms with Crippen molar-refractivity contribution in [3.8, 4) is 11.5 Å². The van der Waals surface area contributed by atoms with Crippen LogP contribution in [0.1, 0.15) is 18.1 Å². The summed E-state index contributed by atoms with van der Waals surface area (Å²) < 4.78 is 6.55. The van der Waals surface area contributed by atoms with Gasteiger partial charge in [-0.2, -0.15) is 0 Å². The largest absolute Gasteiger partial charge is 0.504 e. The van der Waals surface area contributed by atoms with E-state index < -0.39 is 0 Å². The number of thioether (sulfide) groups is 1. The first kappa shape index (κ1) is 20.4. The number of ether oxygens (including phenoxy) is 1. The maximum atomic E-state index is 12.9. The minimum atomic E-state index is -0.203. The summed E-state index contributed by atoms with van der Waals surface area (Å²) in [6, 6.07) is 8.91. The molecule has 2 aromatic carbocycles. The van der Waals surface area contributed by atoms with Crippen LogP contribution in [0.15, 0.2) is 35.2 Å². The number of phenols is 1. The van der Waals surface area contributed by atoms with E-state index in [0.29, 0.717) is 35.9 Å². The van der Waals surface area contributed by atoms with Crippen molar-refractivity contribution in [2.75, 3.05) is 11.5 Å². The van der Waals surface area contributed by atoms with Crippen molar-refractivity contribution >= 4 is 80.2 Å². The standard InChI is InChI=1S/C19H15ClINO3S2/c1-3-25-15-7-11(6-14(21)17(15)23)8-16-18(24)22(19(26)27-16)12-5-4-10(2)13(20)9-12/h4-9,23H,3H2,1-2H3/b16-8-. The average molecular weight is 532 g/mol. The summed E-state index contributed by atoms with van der Waals surface area (Å²) in [6.45, 7) is 4.18. The molecule has 0 atom stereocenters. The molecule has 140 valence electrons. The average Bonchev–Trinajstić information content (AvgIpc) is 2.89. The second kappa shape index (κ2) is 8.38.